The van der Waals surface area contributed by atoms with Crippen LogP contribution in [-0.4, -0.2) is 38.0 Å². The summed E-state index contributed by atoms with van der Waals surface area (Å²) in [5, 5.41) is 9.14. The largest absolute Gasteiger partial charge is 0.465 e. The van der Waals surface area contributed by atoms with E-state index in [1.165, 1.54) is 87.0 Å². The summed E-state index contributed by atoms with van der Waals surface area (Å²) >= 11 is 2.19. The number of anilines is 2. The molecule has 0 bridgehead atoms. The lowest BCUT2D eigenvalue weighted by molar-refractivity contribution is 0.0594. The number of carbonyl (C=O) groups is 4. The van der Waals surface area contributed by atoms with E-state index < -0.39 is 35.4 Å². The summed E-state index contributed by atoms with van der Waals surface area (Å²) in [5.74, 6) is -3.44. The Bertz CT molecular complexity index is 1750. The van der Waals surface area contributed by atoms with Crippen LogP contribution >= 0.6 is 22.7 Å². The molecule has 0 saturated carbocycles. The van der Waals surface area contributed by atoms with Crippen molar-refractivity contribution in [3.8, 4) is 22.3 Å². The third-order valence-electron chi connectivity index (χ3n) is 6.51. The van der Waals surface area contributed by atoms with Crippen molar-refractivity contribution in [1.82, 2.24) is 0 Å². The molecule has 12 heteroatoms. The van der Waals surface area contributed by atoms with Crippen molar-refractivity contribution < 1.29 is 37.4 Å². The molecule has 2 amide bonds. The number of methoxy groups -OCH3 is 2. The SMILES string of the molecule is COC(=O)c1c(-c2ccc(F)cc2)csc1NC(=O)c1cccc(C(=O)Nc2scc(-c3ccc(F)cc3)c2C(=O)OC)c1. The number of esters is 2. The van der Waals surface area contributed by atoms with Crippen LogP contribution in [0.3, 0.4) is 0 Å². The van der Waals surface area contributed by atoms with E-state index in [-0.39, 0.29) is 32.3 Å². The first-order chi connectivity index (χ1) is 21.2. The predicted molar refractivity (Wildman–Crippen MR) is 164 cm³/mol. The van der Waals surface area contributed by atoms with Gasteiger partial charge in [0.1, 0.15) is 32.8 Å². The summed E-state index contributed by atoms with van der Waals surface area (Å²) in [5.41, 5.74) is 2.50. The van der Waals surface area contributed by atoms with Crippen LogP contribution in [0, 0.1) is 11.6 Å². The average molecular weight is 633 g/mol. The van der Waals surface area contributed by atoms with E-state index in [1.54, 1.807) is 10.8 Å². The van der Waals surface area contributed by atoms with Gasteiger partial charge in [-0.25, -0.2) is 18.4 Å². The van der Waals surface area contributed by atoms with Crippen LogP contribution in [-0.2, 0) is 9.47 Å². The van der Waals surface area contributed by atoms with Crippen LogP contribution in [0.2, 0.25) is 0 Å². The Morgan fingerprint density at radius 1 is 0.614 bits per heavy atom. The summed E-state index contributed by atoms with van der Waals surface area (Å²) in [6.45, 7) is 0. The van der Waals surface area contributed by atoms with Crippen LogP contribution in [0.4, 0.5) is 18.8 Å². The second kappa shape index (κ2) is 13.0. The number of amides is 2. The fourth-order valence-corrected chi connectivity index (χ4v) is 6.25. The molecule has 2 heterocycles. The highest BCUT2D eigenvalue weighted by atomic mass is 32.1. The maximum absolute atomic E-state index is 13.5. The molecule has 0 aliphatic heterocycles. The summed E-state index contributed by atoms with van der Waals surface area (Å²) in [6, 6.07) is 17.0. The molecule has 2 N–H and O–H groups in total. The van der Waals surface area contributed by atoms with Gasteiger partial charge in [0, 0.05) is 33.0 Å². The van der Waals surface area contributed by atoms with E-state index >= 15 is 0 Å². The van der Waals surface area contributed by atoms with Crippen LogP contribution in [0.1, 0.15) is 41.4 Å². The van der Waals surface area contributed by atoms with Crippen molar-refractivity contribution in [1.29, 1.82) is 0 Å². The Morgan fingerprint density at radius 3 is 1.36 bits per heavy atom. The second-order valence-electron chi connectivity index (χ2n) is 9.19. The molecule has 0 aliphatic carbocycles. The highest BCUT2D eigenvalue weighted by Gasteiger charge is 2.25. The molecular formula is C32H22F2N2O6S2. The predicted octanol–water partition coefficient (Wildman–Crippen LogP) is 7.50. The Balaban J connectivity index is 1.39. The number of rotatable bonds is 8. The molecule has 44 heavy (non-hydrogen) atoms. The summed E-state index contributed by atoms with van der Waals surface area (Å²) in [4.78, 5) is 51.8. The van der Waals surface area contributed by atoms with Crippen LogP contribution < -0.4 is 10.6 Å². The van der Waals surface area contributed by atoms with Gasteiger partial charge in [-0.15, -0.1) is 22.7 Å². The Hall–Kier alpha value is -5.20. The van der Waals surface area contributed by atoms with Gasteiger partial charge in [-0.2, -0.15) is 0 Å². The molecule has 5 aromatic rings. The topological polar surface area (TPSA) is 111 Å². The van der Waals surface area contributed by atoms with E-state index in [9.17, 15) is 28.0 Å². The van der Waals surface area contributed by atoms with Gasteiger partial charge in [-0.05, 0) is 53.6 Å². The average Bonchev–Trinajstić information content (AvgIpc) is 3.65. The molecule has 0 unspecified atom stereocenters. The number of hydrogen-bond donors (Lipinski definition) is 2. The molecule has 0 fully saturated rings. The van der Waals surface area contributed by atoms with Crippen molar-refractivity contribution in [2.45, 2.75) is 0 Å². The molecule has 0 spiro atoms. The van der Waals surface area contributed by atoms with Crippen molar-refractivity contribution in [2.75, 3.05) is 24.9 Å². The van der Waals surface area contributed by atoms with E-state index in [4.69, 9.17) is 9.47 Å². The summed E-state index contributed by atoms with van der Waals surface area (Å²) in [7, 11) is 2.42. The minimum atomic E-state index is -0.689. The third kappa shape index (κ3) is 6.26. The number of nitrogens with one attached hydrogen (secondary N) is 2. The Labute approximate surface area is 257 Å². The lowest BCUT2D eigenvalue weighted by Gasteiger charge is -2.10. The molecule has 0 aliphatic rings. The van der Waals surface area contributed by atoms with Gasteiger partial charge in [0.25, 0.3) is 11.8 Å². The first-order valence-corrected chi connectivity index (χ1v) is 14.6. The van der Waals surface area contributed by atoms with Gasteiger partial charge in [-0.3, -0.25) is 9.59 Å². The van der Waals surface area contributed by atoms with E-state index in [2.05, 4.69) is 10.6 Å². The zero-order chi connectivity index (χ0) is 31.4. The van der Waals surface area contributed by atoms with E-state index in [1.807, 2.05) is 0 Å². The number of hydrogen-bond acceptors (Lipinski definition) is 8. The van der Waals surface area contributed by atoms with Gasteiger partial charge in [0.2, 0.25) is 0 Å². The lowest BCUT2D eigenvalue weighted by Crippen LogP contribution is -2.17. The maximum atomic E-state index is 13.5. The summed E-state index contributed by atoms with van der Waals surface area (Å²) in [6.07, 6.45) is 0. The van der Waals surface area contributed by atoms with Gasteiger partial charge < -0.3 is 20.1 Å². The minimum Gasteiger partial charge on any atom is -0.465 e. The normalized spacial score (nSPS) is 10.6. The van der Waals surface area contributed by atoms with Gasteiger partial charge in [0.15, 0.2) is 0 Å². The number of carbonyl (C=O) groups excluding carboxylic acids is 4. The Morgan fingerprint density at radius 2 is 1.00 bits per heavy atom. The van der Waals surface area contributed by atoms with Gasteiger partial charge in [-0.1, -0.05) is 30.3 Å². The lowest BCUT2D eigenvalue weighted by atomic mass is 10.0. The number of ether oxygens (including phenoxy) is 2. The molecular weight excluding hydrogens is 610 g/mol. The fraction of sp³-hybridized carbons (Fsp3) is 0.0625. The monoisotopic (exact) mass is 632 g/mol. The molecule has 0 atom stereocenters. The molecule has 2 aromatic heterocycles. The molecule has 222 valence electrons. The smallest absolute Gasteiger partial charge is 0.341 e. The van der Waals surface area contributed by atoms with Crippen molar-refractivity contribution in [2.24, 2.45) is 0 Å². The zero-order valence-corrected chi connectivity index (χ0v) is 24.7. The highest BCUT2D eigenvalue weighted by Crippen LogP contribution is 2.38. The number of halogens is 2. The minimum absolute atomic E-state index is 0.108. The molecule has 8 nitrogen and oxygen atoms in total. The van der Waals surface area contributed by atoms with Crippen LogP contribution in [0.15, 0.2) is 83.6 Å². The molecule has 3 aromatic carbocycles. The molecule has 5 rings (SSSR count). The van der Waals surface area contributed by atoms with E-state index in [0.717, 1.165) is 22.7 Å². The molecule has 0 saturated heterocycles. The van der Waals surface area contributed by atoms with Crippen LogP contribution in [0.25, 0.3) is 22.3 Å². The Kier molecular flexibility index (Phi) is 8.93. The first-order valence-electron chi connectivity index (χ1n) is 12.8. The fourth-order valence-electron chi connectivity index (χ4n) is 4.35. The van der Waals surface area contributed by atoms with Gasteiger partial charge >= 0.3 is 11.9 Å². The number of benzene rings is 3. The van der Waals surface area contributed by atoms with Crippen molar-refractivity contribution in [3.63, 3.8) is 0 Å². The maximum Gasteiger partial charge on any atom is 0.341 e. The first kappa shape index (κ1) is 30.3. The third-order valence-corrected chi connectivity index (χ3v) is 8.30. The standard InChI is InChI=1S/C32H22F2N2O6S2/c1-41-31(39)25-23(17-6-10-21(33)11-7-17)15-43-29(25)35-27(37)19-4-3-5-20(14-19)28(38)36-30-26(32(40)42-2)24(16-44-30)18-8-12-22(34)13-9-18/h3-16H,1-2H3,(H,35,37)(H,36,38). The van der Waals surface area contributed by atoms with Crippen LogP contribution in [0.5, 0.6) is 0 Å². The number of thiophene rings is 2. The van der Waals surface area contributed by atoms with Crippen molar-refractivity contribution >= 4 is 56.4 Å². The van der Waals surface area contributed by atoms with Crippen molar-refractivity contribution in [3.05, 3.63) is 117 Å². The van der Waals surface area contributed by atoms with E-state index in [0.29, 0.717) is 22.3 Å². The highest BCUT2D eigenvalue weighted by molar-refractivity contribution is 7.15. The quantitative estimate of drug-likeness (QED) is 0.172. The second-order valence-corrected chi connectivity index (χ2v) is 11.0. The summed E-state index contributed by atoms with van der Waals surface area (Å²) < 4.78 is 36.8. The molecule has 0 radical (unpaired) electrons. The zero-order valence-electron chi connectivity index (χ0n) is 23.1. The van der Waals surface area contributed by atoms with Gasteiger partial charge in [0.05, 0.1) is 14.2 Å².